The summed E-state index contributed by atoms with van der Waals surface area (Å²) in [5.74, 6) is 0.714. The lowest BCUT2D eigenvalue weighted by molar-refractivity contribution is -0.0318. The zero-order valence-corrected chi connectivity index (χ0v) is 18.1. The van der Waals surface area contributed by atoms with Crippen molar-refractivity contribution in [2.45, 2.75) is 18.9 Å². The summed E-state index contributed by atoms with van der Waals surface area (Å²) in [5.41, 5.74) is 3.50. The molecule has 3 aromatic rings. The molecule has 1 saturated heterocycles. The molecule has 30 heavy (non-hydrogen) atoms. The molecule has 4 rings (SSSR count). The van der Waals surface area contributed by atoms with Gasteiger partial charge in [0, 0.05) is 38.8 Å². The van der Waals surface area contributed by atoms with E-state index in [1.807, 2.05) is 36.0 Å². The largest absolute Gasteiger partial charge is 0.492 e. The summed E-state index contributed by atoms with van der Waals surface area (Å²) in [6.45, 7) is 4.17. The van der Waals surface area contributed by atoms with Crippen LogP contribution in [0.3, 0.4) is 0 Å². The average Bonchev–Trinajstić information content (AvgIpc) is 3.15. The van der Waals surface area contributed by atoms with Crippen molar-refractivity contribution < 1.29 is 9.47 Å². The van der Waals surface area contributed by atoms with Crippen LogP contribution in [-0.2, 0) is 24.6 Å². The lowest BCUT2D eigenvalue weighted by atomic mass is 10.1. The summed E-state index contributed by atoms with van der Waals surface area (Å²) in [6, 6.07) is 20.3. The molecule has 0 aliphatic carbocycles. The van der Waals surface area contributed by atoms with Gasteiger partial charge in [0.25, 0.3) is 0 Å². The molecular formula is C24H28ClN3O2. The number of benzene rings is 2. The second-order valence-corrected chi connectivity index (χ2v) is 8.02. The molecule has 0 spiro atoms. The van der Waals surface area contributed by atoms with Gasteiger partial charge in [-0.1, -0.05) is 54.1 Å². The summed E-state index contributed by atoms with van der Waals surface area (Å²) in [4.78, 5) is 2.47. The average molecular weight is 426 g/mol. The topological polar surface area (TPSA) is 39.5 Å². The van der Waals surface area contributed by atoms with Gasteiger partial charge in [-0.3, -0.25) is 9.58 Å². The van der Waals surface area contributed by atoms with E-state index in [9.17, 15) is 0 Å². The Morgan fingerprint density at radius 1 is 1.10 bits per heavy atom. The van der Waals surface area contributed by atoms with Crippen LogP contribution in [-0.4, -0.2) is 47.5 Å². The minimum absolute atomic E-state index is 0.0129. The quantitative estimate of drug-likeness (QED) is 0.539. The van der Waals surface area contributed by atoms with Gasteiger partial charge < -0.3 is 9.47 Å². The van der Waals surface area contributed by atoms with Crippen molar-refractivity contribution in [2.75, 3.05) is 32.8 Å². The molecule has 5 nitrogen and oxygen atoms in total. The number of ether oxygens (including phenoxy) is 2. The molecule has 1 atom stereocenters. The molecule has 0 radical (unpaired) electrons. The van der Waals surface area contributed by atoms with Crippen molar-refractivity contribution in [1.29, 1.82) is 0 Å². The molecule has 0 bridgehead atoms. The lowest BCUT2D eigenvalue weighted by Crippen LogP contribution is -2.39. The molecule has 0 unspecified atom stereocenters. The lowest BCUT2D eigenvalue weighted by Gasteiger charge is -2.32. The van der Waals surface area contributed by atoms with E-state index in [-0.39, 0.29) is 6.10 Å². The van der Waals surface area contributed by atoms with E-state index >= 15 is 0 Å². The smallest absolute Gasteiger partial charge is 0.137 e. The minimum Gasteiger partial charge on any atom is -0.492 e. The predicted octanol–water partition coefficient (Wildman–Crippen LogP) is 4.31. The summed E-state index contributed by atoms with van der Waals surface area (Å²) in [6.07, 6.45) is 1.83. The first kappa shape index (κ1) is 20.9. The summed E-state index contributed by atoms with van der Waals surface area (Å²) < 4.78 is 13.8. The number of hydrogen-bond acceptors (Lipinski definition) is 4. The Kier molecular flexibility index (Phi) is 7.05. The van der Waals surface area contributed by atoms with Crippen molar-refractivity contribution in [3.05, 3.63) is 82.6 Å². The van der Waals surface area contributed by atoms with Gasteiger partial charge in [-0.2, -0.15) is 5.10 Å². The van der Waals surface area contributed by atoms with Crippen LogP contribution in [0.1, 0.15) is 23.1 Å². The molecule has 0 saturated carbocycles. The van der Waals surface area contributed by atoms with E-state index < -0.39 is 0 Å². The molecule has 2 heterocycles. The zero-order valence-electron chi connectivity index (χ0n) is 17.3. The van der Waals surface area contributed by atoms with Crippen LogP contribution in [0.5, 0.6) is 5.75 Å². The molecule has 6 heteroatoms. The van der Waals surface area contributed by atoms with Crippen LogP contribution in [0.2, 0.25) is 5.02 Å². The molecule has 0 amide bonds. The first-order valence-electron chi connectivity index (χ1n) is 10.5. The van der Waals surface area contributed by atoms with Gasteiger partial charge in [-0.05, 0) is 30.2 Å². The highest BCUT2D eigenvalue weighted by atomic mass is 35.5. The highest BCUT2D eigenvalue weighted by molar-refractivity contribution is 6.32. The maximum atomic E-state index is 6.16. The number of aromatic nitrogens is 2. The Morgan fingerprint density at radius 3 is 2.73 bits per heavy atom. The normalized spacial score (nSPS) is 17.2. The number of hydrogen-bond donors (Lipinski definition) is 0. The van der Waals surface area contributed by atoms with Crippen molar-refractivity contribution in [3.63, 3.8) is 0 Å². The molecule has 1 aliphatic heterocycles. The Hall–Kier alpha value is -2.34. The number of para-hydroxylation sites is 1. The van der Waals surface area contributed by atoms with Crippen molar-refractivity contribution in [3.8, 4) is 5.75 Å². The summed E-state index contributed by atoms with van der Waals surface area (Å²) >= 11 is 6.16. The zero-order chi connectivity index (χ0) is 20.8. The number of rotatable bonds is 8. The van der Waals surface area contributed by atoms with E-state index in [2.05, 4.69) is 41.3 Å². The third-order valence-corrected chi connectivity index (χ3v) is 5.80. The highest BCUT2D eigenvalue weighted by Crippen LogP contribution is 2.24. The fourth-order valence-electron chi connectivity index (χ4n) is 3.77. The van der Waals surface area contributed by atoms with Gasteiger partial charge in [0.1, 0.15) is 11.9 Å². The van der Waals surface area contributed by atoms with Crippen LogP contribution in [0.25, 0.3) is 0 Å². The molecule has 2 aromatic carbocycles. The number of morpholine rings is 1. The second-order valence-electron chi connectivity index (χ2n) is 7.61. The molecule has 1 aliphatic rings. The first-order valence-corrected chi connectivity index (χ1v) is 10.8. The van der Waals surface area contributed by atoms with E-state index in [0.717, 1.165) is 50.5 Å². The van der Waals surface area contributed by atoms with Crippen LogP contribution in [0, 0.1) is 0 Å². The number of halogens is 1. The van der Waals surface area contributed by atoms with Gasteiger partial charge in [-0.15, -0.1) is 0 Å². The van der Waals surface area contributed by atoms with Crippen molar-refractivity contribution >= 4 is 11.6 Å². The molecule has 158 valence electrons. The van der Waals surface area contributed by atoms with Crippen molar-refractivity contribution in [2.24, 2.45) is 7.05 Å². The third-order valence-electron chi connectivity index (χ3n) is 5.49. The van der Waals surface area contributed by atoms with E-state index in [0.29, 0.717) is 17.4 Å². The predicted molar refractivity (Wildman–Crippen MR) is 119 cm³/mol. The number of nitrogens with zero attached hydrogens (tertiary/aromatic N) is 3. The van der Waals surface area contributed by atoms with Crippen LogP contribution >= 0.6 is 11.6 Å². The first-order chi connectivity index (χ1) is 14.7. The fraction of sp³-hybridized carbons (Fsp3) is 0.375. The second kappa shape index (κ2) is 10.1. The van der Waals surface area contributed by atoms with E-state index in [1.165, 1.54) is 5.56 Å². The van der Waals surface area contributed by atoms with Crippen LogP contribution in [0.4, 0.5) is 0 Å². The standard InChI is InChI=1S/C24H28ClN3O2/c1-27-20(12-15-29-23-10-6-5-9-21(23)25)17-22(26-27)24-18-28(14-16-30-24)13-11-19-7-3-2-4-8-19/h2-10,17,24H,11-16,18H2,1H3/t24-/m0/s1. The van der Waals surface area contributed by atoms with Gasteiger partial charge >= 0.3 is 0 Å². The Balaban J connectivity index is 1.31. The fourth-order valence-corrected chi connectivity index (χ4v) is 3.96. The number of aryl methyl sites for hydroxylation is 1. The van der Waals surface area contributed by atoms with Crippen LogP contribution in [0.15, 0.2) is 60.7 Å². The van der Waals surface area contributed by atoms with E-state index in [1.54, 1.807) is 0 Å². The Bertz CT molecular complexity index is 945. The Morgan fingerprint density at radius 2 is 1.90 bits per heavy atom. The van der Waals surface area contributed by atoms with Crippen LogP contribution < -0.4 is 4.74 Å². The van der Waals surface area contributed by atoms with Gasteiger partial charge in [0.15, 0.2) is 0 Å². The maximum Gasteiger partial charge on any atom is 0.137 e. The summed E-state index contributed by atoms with van der Waals surface area (Å²) in [5, 5.41) is 5.35. The molecule has 1 fully saturated rings. The van der Waals surface area contributed by atoms with Gasteiger partial charge in [0.2, 0.25) is 0 Å². The highest BCUT2D eigenvalue weighted by Gasteiger charge is 2.24. The monoisotopic (exact) mass is 425 g/mol. The molecule has 1 aromatic heterocycles. The SMILES string of the molecule is Cn1nc([C@@H]2CN(CCc3ccccc3)CCO2)cc1CCOc1ccccc1Cl. The van der Waals surface area contributed by atoms with E-state index in [4.69, 9.17) is 26.2 Å². The molecular weight excluding hydrogens is 398 g/mol. The summed E-state index contributed by atoms with van der Waals surface area (Å²) in [7, 11) is 1.98. The Labute approximate surface area is 183 Å². The van der Waals surface area contributed by atoms with Crippen molar-refractivity contribution in [1.82, 2.24) is 14.7 Å². The van der Waals surface area contributed by atoms with Gasteiger partial charge in [-0.25, -0.2) is 0 Å². The maximum absolute atomic E-state index is 6.16. The third kappa shape index (κ3) is 5.42. The minimum atomic E-state index is 0.0129. The molecule has 0 N–H and O–H groups in total. The van der Waals surface area contributed by atoms with Gasteiger partial charge in [0.05, 0.1) is 23.9 Å².